The minimum absolute atomic E-state index is 0.605. The van der Waals surface area contributed by atoms with E-state index in [4.69, 9.17) is 4.74 Å². The molecule has 0 radical (unpaired) electrons. The van der Waals surface area contributed by atoms with Crippen LogP contribution in [0.15, 0.2) is 24.3 Å². The highest BCUT2D eigenvalue weighted by atomic mass is 16.5. The lowest BCUT2D eigenvalue weighted by Crippen LogP contribution is -2.39. The van der Waals surface area contributed by atoms with Crippen molar-refractivity contribution < 1.29 is 4.74 Å². The highest BCUT2D eigenvalue weighted by Crippen LogP contribution is 2.12. The Morgan fingerprint density at radius 3 is 3.17 bits per heavy atom. The van der Waals surface area contributed by atoms with Crippen LogP contribution in [-0.4, -0.2) is 43.7 Å². The van der Waals surface area contributed by atoms with Gasteiger partial charge in [0.05, 0.1) is 0 Å². The lowest BCUT2D eigenvalue weighted by Gasteiger charge is -2.26. The van der Waals surface area contributed by atoms with Gasteiger partial charge >= 0.3 is 0 Å². The van der Waals surface area contributed by atoms with E-state index in [9.17, 15) is 0 Å². The average Bonchev–Trinajstić information content (AvgIpc) is 2.55. The number of nitrogens with one attached hydrogen (secondary N) is 1. The maximum Gasteiger partial charge on any atom is 0.119 e. The maximum atomic E-state index is 5.82. The number of aryl methyl sites for hydroxylation is 1. The third-order valence-corrected chi connectivity index (χ3v) is 3.50. The average molecular weight is 248 g/mol. The molecule has 1 aliphatic rings. The van der Waals surface area contributed by atoms with Crippen molar-refractivity contribution in [3.63, 3.8) is 0 Å². The molecule has 100 valence electrons. The molecular formula is C15H24N2O. The van der Waals surface area contributed by atoms with Crippen LogP contribution in [-0.2, 0) is 0 Å². The second-order valence-electron chi connectivity index (χ2n) is 5.11. The summed E-state index contributed by atoms with van der Waals surface area (Å²) in [5.41, 5.74) is 1.25. The number of hydrogen-bond acceptors (Lipinski definition) is 3. The minimum Gasteiger partial charge on any atom is -0.492 e. The van der Waals surface area contributed by atoms with Crippen molar-refractivity contribution in [3.05, 3.63) is 29.8 Å². The summed E-state index contributed by atoms with van der Waals surface area (Å²) in [5, 5.41) is 3.46. The molecule has 1 aromatic rings. The Labute approximate surface area is 110 Å². The molecule has 1 unspecified atom stereocenters. The van der Waals surface area contributed by atoms with E-state index < -0.39 is 0 Å². The first kappa shape index (κ1) is 13.4. The molecule has 0 aromatic heterocycles. The standard InChI is InChI=1S/C15H24N2O/c1-13-5-3-6-15(11-13)18-10-9-17-8-4-7-16-12-14(17)2/h3,5-6,11,14,16H,4,7-10,12H2,1-2H3. The number of rotatable bonds is 4. The summed E-state index contributed by atoms with van der Waals surface area (Å²) in [6.07, 6.45) is 1.23. The quantitative estimate of drug-likeness (QED) is 0.882. The van der Waals surface area contributed by atoms with E-state index in [1.54, 1.807) is 0 Å². The Bertz CT molecular complexity index is 367. The molecule has 1 saturated heterocycles. The molecule has 3 nitrogen and oxygen atoms in total. The third-order valence-electron chi connectivity index (χ3n) is 3.50. The lowest BCUT2D eigenvalue weighted by atomic mass is 10.2. The molecular weight excluding hydrogens is 224 g/mol. The largest absolute Gasteiger partial charge is 0.492 e. The van der Waals surface area contributed by atoms with Gasteiger partial charge in [0.1, 0.15) is 12.4 Å². The summed E-state index contributed by atoms with van der Waals surface area (Å²) < 4.78 is 5.82. The number of ether oxygens (including phenoxy) is 1. The fourth-order valence-corrected chi connectivity index (χ4v) is 2.39. The molecule has 0 saturated carbocycles. The highest BCUT2D eigenvalue weighted by molar-refractivity contribution is 5.27. The van der Waals surface area contributed by atoms with Crippen LogP contribution in [0, 0.1) is 6.92 Å². The van der Waals surface area contributed by atoms with Crippen molar-refractivity contribution in [1.29, 1.82) is 0 Å². The predicted molar refractivity (Wildman–Crippen MR) is 75.2 cm³/mol. The zero-order chi connectivity index (χ0) is 12.8. The van der Waals surface area contributed by atoms with Gasteiger partial charge in [0.2, 0.25) is 0 Å². The molecule has 0 aliphatic carbocycles. The van der Waals surface area contributed by atoms with Gasteiger partial charge in [0.25, 0.3) is 0 Å². The summed E-state index contributed by atoms with van der Waals surface area (Å²) in [6, 6.07) is 8.86. The number of hydrogen-bond donors (Lipinski definition) is 1. The van der Waals surface area contributed by atoms with Crippen LogP contribution < -0.4 is 10.1 Å². The smallest absolute Gasteiger partial charge is 0.119 e. The van der Waals surface area contributed by atoms with E-state index in [2.05, 4.69) is 36.2 Å². The first-order valence-electron chi connectivity index (χ1n) is 6.90. The van der Waals surface area contributed by atoms with Crippen molar-refractivity contribution in [2.24, 2.45) is 0 Å². The molecule has 0 amide bonds. The monoisotopic (exact) mass is 248 g/mol. The topological polar surface area (TPSA) is 24.5 Å². The molecule has 0 spiro atoms. The van der Waals surface area contributed by atoms with Crippen LogP contribution in [0.25, 0.3) is 0 Å². The van der Waals surface area contributed by atoms with Crippen LogP contribution in [0.4, 0.5) is 0 Å². The third kappa shape index (κ3) is 4.00. The molecule has 18 heavy (non-hydrogen) atoms. The van der Waals surface area contributed by atoms with Gasteiger partial charge in [-0.15, -0.1) is 0 Å². The summed E-state index contributed by atoms with van der Waals surface area (Å²) in [5.74, 6) is 0.982. The van der Waals surface area contributed by atoms with Crippen molar-refractivity contribution in [2.45, 2.75) is 26.3 Å². The summed E-state index contributed by atoms with van der Waals surface area (Å²) in [6.45, 7) is 9.56. The first-order chi connectivity index (χ1) is 8.75. The van der Waals surface area contributed by atoms with Gasteiger partial charge in [-0.25, -0.2) is 0 Å². The van der Waals surface area contributed by atoms with Gasteiger partial charge in [-0.1, -0.05) is 12.1 Å². The first-order valence-corrected chi connectivity index (χ1v) is 6.90. The Balaban J connectivity index is 1.77. The van der Waals surface area contributed by atoms with E-state index in [-0.39, 0.29) is 0 Å². The van der Waals surface area contributed by atoms with E-state index in [1.165, 1.54) is 18.5 Å². The fraction of sp³-hybridized carbons (Fsp3) is 0.600. The van der Waals surface area contributed by atoms with Gasteiger partial charge < -0.3 is 10.1 Å². The Hall–Kier alpha value is -1.06. The van der Waals surface area contributed by atoms with Crippen LogP contribution in [0.2, 0.25) is 0 Å². The minimum atomic E-state index is 0.605. The molecule has 1 N–H and O–H groups in total. The zero-order valence-electron chi connectivity index (χ0n) is 11.5. The van der Waals surface area contributed by atoms with Crippen molar-refractivity contribution >= 4 is 0 Å². The maximum absolute atomic E-state index is 5.82. The van der Waals surface area contributed by atoms with Gasteiger partial charge in [-0.3, -0.25) is 4.90 Å². The van der Waals surface area contributed by atoms with Crippen molar-refractivity contribution in [1.82, 2.24) is 10.2 Å². The van der Waals surface area contributed by atoms with E-state index in [1.807, 2.05) is 12.1 Å². The van der Waals surface area contributed by atoms with Crippen LogP contribution in [0.1, 0.15) is 18.9 Å². The second-order valence-corrected chi connectivity index (χ2v) is 5.11. The number of nitrogens with zero attached hydrogens (tertiary/aromatic N) is 1. The van der Waals surface area contributed by atoms with Gasteiger partial charge in [-0.2, -0.15) is 0 Å². The molecule has 2 rings (SSSR count). The summed E-state index contributed by atoms with van der Waals surface area (Å²) in [4.78, 5) is 2.51. The van der Waals surface area contributed by atoms with E-state index in [0.717, 1.165) is 32.0 Å². The molecule has 1 heterocycles. The predicted octanol–water partition coefficient (Wildman–Crippen LogP) is 2.06. The molecule has 1 aliphatic heterocycles. The normalized spacial score (nSPS) is 21.6. The SMILES string of the molecule is Cc1cccc(OCCN2CCCNCC2C)c1. The summed E-state index contributed by atoms with van der Waals surface area (Å²) in [7, 11) is 0. The molecule has 3 heteroatoms. The molecule has 0 bridgehead atoms. The lowest BCUT2D eigenvalue weighted by molar-refractivity contribution is 0.176. The molecule has 1 atom stereocenters. The van der Waals surface area contributed by atoms with E-state index in [0.29, 0.717) is 6.04 Å². The van der Waals surface area contributed by atoms with Crippen LogP contribution in [0.3, 0.4) is 0 Å². The van der Waals surface area contributed by atoms with Crippen LogP contribution >= 0.6 is 0 Å². The Morgan fingerprint density at radius 2 is 2.33 bits per heavy atom. The highest BCUT2D eigenvalue weighted by Gasteiger charge is 2.15. The van der Waals surface area contributed by atoms with Gasteiger partial charge in [0, 0.05) is 19.1 Å². The van der Waals surface area contributed by atoms with Gasteiger partial charge in [-0.05, 0) is 51.1 Å². The van der Waals surface area contributed by atoms with E-state index >= 15 is 0 Å². The molecule has 1 fully saturated rings. The van der Waals surface area contributed by atoms with Crippen molar-refractivity contribution in [2.75, 3.05) is 32.8 Å². The zero-order valence-corrected chi connectivity index (χ0v) is 11.5. The molecule has 1 aromatic carbocycles. The second kappa shape index (κ2) is 6.76. The van der Waals surface area contributed by atoms with Gasteiger partial charge in [0.15, 0.2) is 0 Å². The van der Waals surface area contributed by atoms with Crippen molar-refractivity contribution in [3.8, 4) is 5.75 Å². The Kier molecular flexibility index (Phi) is 5.02. The number of benzene rings is 1. The Morgan fingerprint density at radius 1 is 1.44 bits per heavy atom. The summed E-state index contributed by atoms with van der Waals surface area (Å²) >= 11 is 0. The van der Waals surface area contributed by atoms with Crippen LogP contribution in [0.5, 0.6) is 5.75 Å². The fourth-order valence-electron chi connectivity index (χ4n) is 2.39.